The first-order valence-corrected chi connectivity index (χ1v) is 5.76. The molecule has 7 heteroatoms. The van der Waals surface area contributed by atoms with Crippen LogP contribution in [0.15, 0.2) is 42.9 Å². The summed E-state index contributed by atoms with van der Waals surface area (Å²) in [6.07, 6.45) is 4.78. The zero-order chi connectivity index (χ0) is 13.4. The third-order valence-electron chi connectivity index (χ3n) is 2.74. The fraction of sp³-hybridized carbons (Fsp3) is 0. The smallest absolute Gasteiger partial charge is 0.270 e. The molecule has 0 radical (unpaired) electrons. The van der Waals surface area contributed by atoms with Gasteiger partial charge in [-0.2, -0.15) is 0 Å². The van der Waals surface area contributed by atoms with Crippen LogP contribution < -0.4 is 0 Å². The number of nitro groups is 1. The number of fused-ring (bicyclic) bond motifs is 1. The summed E-state index contributed by atoms with van der Waals surface area (Å²) < 4.78 is 1.79. The molecule has 0 fully saturated rings. The monoisotopic (exact) mass is 274 g/mol. The molecule has 0 saturated heterocycles. The second-order valence-corrected chi connectivity index (χ2v) is 4.27. The highest BCUT2D eigenvalue weighted by atomic mass is 35.5. The molecule has 1 aromatic carbocycles. The highest BCUT2D eigenvalue weighted by molar-refractivity contribution is 6.29. The summed E-state index contributed by atoms with van der Waals surface area (Å²) in [5.41, 5.74) is 0.884. The maximum atomic E-state index is 10.7. The van der Waals surface area contributed by atoms with Crippen molar-refractivity contribution in [2.45, 2.75) is 0 Å². The lowest BCUT2D eigenvalue weighted by atomic mass is 10.2. The van der Waals surface area contributed by atoms with E-state index in [0.717, 1.165) is 10.9 Å². The molecule has 0 aliphatic carbocycles. The van der Waals surface area contributed by atoms with Crippen LogP contribution in [-0.4, -0.2) is 19.5 Å². The number of hydrogen-bond acceptors (Lipinski definition) is 4. The molecule has 0 spiro atoms. The normalized spacial score (nSPS) is 10.8. The molecule has 2 aromatic heterocycles. The van der Waals surface area contributed by atoms with Crippen LogP contribution in [0.25, 0.3) is 16.7 Å². The Hall–Kier alpha value is -2.47. The molecule has 0 bridgehead atoms. The Balaban J connectivity index is 2.15. The number of aromatic nitrogens is 3. The minimum atomic E-state index is -0.418. The SMILES string of the molecule is O=[N+]([O-])c1ccc2c(ccn2-c2cnc(Cl)cn2)c1. The van der Waals surface area contributed by atoms with Gasteiger partial charge in [-0.15, -0.1) is 0 Å². The predicted molar refractivity (Wildman–Crippen MR) is 70.5 cm³/mol. The summed E-state index contributed by atoms with van der Waals surface area (Å²) in [7, 11) is 0. The van der Waals surface area contributed by atoms with Crippen molar-refractivity contribution in [1.29, 1.82) is 0 Å². The first-order chi connectivity index (χ1) is 9.15. The molecule has 2 heterocycles. The van der Waals surface area contributed by atoms with Crippen LogP contribution in [0.2, 0.25) is 5.15 Å². The van der Waals surface area contributed by atoms with E-state index in [2.05, 4.69) is 9.97 Å². The fourth-order valence-electron chi connectivity index (χ4n) is 1.87. The zero-order valence-electron chi connectivity index (χ0n) is 9.52. The fourth-order valence-corrected chi connectivity index (χ4v) is 1.97. The molecule has 0 unspecified atom stereocenters. The van der Waals surface area contributed by atoms with Gasteiger partial charge in [0.15, 0.2) is 5.82 Å². The Morgan fingerprint density at radius 1 is 1.21 bits per heavy atom. The summed E-state index contributed by atoms with van der Waals surface area (Å²) in [6.45, 7) is 0. The Labute approximate surface area is 112 Å². The maximum absolute atomic E-state index is 10.7. The number of rotatable bonds is 2. The summed E-state index contributed by atoms with van der Waals surface area (Å²) in [5, 5.41) is 11.8. The van der Waals surface area contributed by atoms with Crippen molar-refractivity contribution in [3.8, 4) is 5.82 Å². The molecule has 0 N–H and O–H groups in total. The molecule has 94 valence electrons. The Morgan fingerprint density at radius 2 is 2.05 bits per heavy atom. The lowest BCUT2D eigenvalue weighted by Crippen LogP contribution is -1.96. The van der Waals surface area contributed by atoms with E-state index in [9.17, 15) is 10.1 Å². The largest absolute Gasteiger partial charge is 0.300 e. The van der Waals surface area contributed by atoms with E-state index >= 15 is 0 Å². The Bertz CT molecular complexity index is 767. The van der Waals surface area contributed by atoms with Gasteiger partial charge in [-0.25, -0.2) is 9.97 Å². The highest BCUT2D eigenvalue weighted by Gasteiger charge is 2.10. The van der Waals surface area contributed by atoms with Gasteiger partial charge in [0.25, 0.3) is 5.69 Å². The molecule has 3 aromatic rings. The topological polar surface area (TPSA) is 73.8 Å². The van der Waals surface area contributed by atoms with Gasteiger partial charge in [0.1, 0.15) is 5.15 Å². The molecule has 0 aliphatic heterocycles. The van der Waals surface area contributed by atoms with Gasteiger partial charge in [0, 0.05) is 23.7 Å². The molecule has 0 aliphatic rings. The van der Waals surface area contributed by atoms with Crippen LogP contribution in [0.5, 0.6) is 0 Å². The molecular weight excluding hydrogens is 268 g/mol. The second-order valence-electron chi connectivity index (χ2n) is 3.88. The Morgan fingerprint density at radius 3 is 2.74 bits per heavy atom. The third kappa shape index (κ3) is 2.02. The van der Waals surface area contributed by atoms with Gasteiger partial charge in [-0.1, -0.05) is 11.6 Å². The lowest BCUT2D eigenvalue weighted by molar-refractivity contribution is -0.384. The van der Waals surface area contributed by atoms with Crippen LogP contribution >= 0.6 is 11.6 Å². The van der Waals surface area contributed by atoms with Crippen LogP contribution in [0.3, 0.4) is 0 Å². The van der Waals surface area contributed by atoms with E-state index in [1.54, 1.807) is 29.1 Å². The van der Waals surface area contributed by atoms with Crippen LogP contribution in [-0.2, 0) is 0 Å². The number of non-ortho nitro benzene ring substituents is 1. The van der Waals surface area contributed by atoms with E-state index in [1.807, 2.05) is 0 Å². The van der Waals surface area contributed by atoms with E-state index in [1.165, 1.54) is 18.3 Å². The van der Waals surface area contributed by atoms with Crippen LogP contribution in [0.4, 0.5) is 5.69 Å². The third-order valence-corrected chi connectivity index (χ3v) is 2.93. The quantitative estimate of drug-likeness (QED) is 0.532. The second kappa shape index (κ2) is 4.33. The van der Waals surface area contributed by atoms with Gasteiger partial charge < -0.3 is 0 Å². The van der Waals surface area contributed by atoms with Gasteiger partial charge in [-0.3, -0.25) is 14.7 Å². The molecule has 0 amide bonds. The zero-order valence-corrected chi connectivity index (χ0v) is 10.3. The molecule has 6 nitrogen and oxygen atoms in total. The number of benzene rings is 1. The van der Waals surface area contributed by atoms with E-state index in [0.29, 0.717) is 11.0 Å². The van der Waals surface area contributed by atoms with Crippen molar-refractivity contribution < 1.29 is 4.92 Å². The number of nitro benzene ring substituents is 1. The maximum Gasteiger partial charge on any atom is 0.270 e. The average Bonchev–Trinajstić information content (AvgIpc) is 2.82. The molecule has 3 rings (SSSR count). The van der Waals surface area contributed by atoms with E-state index in [4.69, 9.17) is 11.6 Å². The number of halogens is 1. The molecular formula is C12H7ClN4O2. The Kier molecular flexibility index (Phi) is 2.64. The van der Waals surface area contributed by atoms with Crippen LogP contribution in [0, 0.1) is 10.1 Å². The van der Waals surface area contributed by atoms with E-state index < -0.39 is 4.92 Å². The molecule has 19 heavy (non-hydrogen) atoms. The first kappa shape index (κ1) is 11.6. The van der Waals surface area contributed by atoms with Gasteiger partial charge >= 0.3 is 0 Å². The summed E-state index contributed by atoms with van der Waals surface area (Å²) in [6, 6.07) is 6.46. The summed E-state index contributed by atoms with van der Waals surface area (Å²) in [5.74, 6) is 0.605. The van der Waals surface area contributed by atoms with Crippen molar-refractivity contribution in [3.05, 3.63) is 58.1 Å². The molecule has 0 saturated carbocycles. The molecule has 0 atom stereocenters. The number of hydrogen-bond donors (Lipinski definition) is 0. The average molecular weight is 275 g/mol. The van der Waals surface area contributed by atoms with Crippen molar-refractivity contribution >= 4 is 28.2 Å². The first-order valence-electron chi connectivity index (χ1n) is 5.38. The minimum absolute atomic E-state index is 0.0624. The highest BCUT2D eigenvalue weighted by Crippen LogP contribution is 2.23. The van der Waals surface area contributed by atoms with Gasteiger partial charge in [0.05, 0.1) is 22.8 Å². The van der Waals surface area contributed by atoms with Gasteiger partial charge in [0.2, 0.25) is 0 Å². The van der Waals surface area contributed by atoms with Crippen LogP contribution in [0.1, 0.15) is 0 Å². The minimum Gasteiger partial charge on any atom is -0.300 e. The van der Waals surface area contributed by atoms with Crippen molar-refractivity contribution in [2.24, 2.45) is 0 Å². The summed E-state index contributed by atoms with van der Waals surface area (Å²) in [4.78, 5) is 18.4. The predicted octanol–water partition coefficient (Wildman–Crippen LogP) is 2.98. The van der Waals surface area contributed by atoms with E-state index in [-0.39, 0.29) is 5.69 Å². The van der Waals surface area contributed by atoms with Crippen molar-refractivity contribution in [1.82, 2.24) is 14.5 Å². The lowest BCUT2D eigenvalue weighted by Gasteiger charge is -2.03. The number of nitrogens with zero attached hydrogens (tertiary/aromatic N) is 4. The standard InChI is InChI=1S/C12H7ClN4O2/c13-11-6-15-12(7-14-11)16-4-3-8-5-9(17(18)19)1-2-10(8)16/h1-7H. The van der Waals surface area contributed by atoms with Crippen molar-refractivity contribution in [2.75, 3.05) is 0 Å². The summed E-state index contributed by atoms with van der Waals surface area (Å²) >= 11 is 5.69. The van der Waals surface area contributed by atoms with Gasteiger partial charge in [-0.05, 0) is 12.1 Å². The van der Waals surface area contributed by atoms with Crippen molar-refractivity contribution in [3.63, 3.8) is 0 Å².